The van der Waals surface area contributed by atoms with Crippen molar-refractivity contribution in [2.45, 2.75) is 11.7 Å². The Morgan fingerprint density at radius 3 is 1.78 bits per heavy atom. The molecule has 0 amide bonds. The van der Waals surface area contributed by atoms with Crippen molar-refractivity contribution in [3.63, 3.8) is 0 Å². The second kappa shape index (κ2) is 10.1. The molecule has 1 aliphatic rings. The zero-order chi connectivity index (χ0) is 11.6. The van der Waals surface area contributed by atoms with Gasteiger partial charge < -0.3 is 39.2 Å². The molecule has 1 aliphatic heterocycles. The van der Waals surface area contributed by atoms with E-state index >= 15 is 0 Å². The van der Waals surface area contributed by atoms with E-state index in [-0.39, 0.29) is 88.7 Å². The predicted octanol–water partition coefficient (Wildman–Crippen LogP) is -14.6. The van der Waals surface area contributed by atoms with Gasteiger partial charge in [0, 0.05) is 0 Å². The molecule has 1 fully saturated rings. The zero-order valence-electron chi connectivity index (χ0n) is 10.3. The summed E-state index contributed by atoms with van der Waals surface area (Å²) in [5, 5.41) is 31.4. The Morgan fingerprint density at radius 2 is 1.44 bits per heavy atom. The van der Waals surface area contributed by atoms with Crippen molar-refractivity contribution < 1.29 is 128 Å². The summed E-state index contributed by atoms with van der Waals surface area (Å²) in [6.07, 6.45) is -1.78. The van der Waals surface area contributed by atoms with Crippen LogP contribution in [0.3, 0.4) is 0 Å². The van der Waals surface area contributed by atoms with Crippen LogP contribution in [0.2, 0.25) is 0 Å². The summed E-state index contributed by atoms with van der Waals surface area (Å²) < 4.78 is 8.84. The summed E-state index contributed by atoms with van der Waals surface area (Å²) in [6.45, 7) is -1.37. The van der Waals surface area contributed by atoms with Gasteiger partial charge in [0.2, 0.25) is 0 Å². The average Bonchev–Trinajstić information content (AvgIpc) is 2.17. The Kier molecular flexibility index (Phi) is 13.7. The van der Waals surface area contributed by atoms with E-state index in [1.807, 2.05) is 0 Å². The molecule has 0 radical (unpaired) electrons. The molecule has 0 aromatic rings. The molecule has 8 nitrogen and oxygen atoms in total. The Morgan fingerprint density at radius 1 is 1.00 bits per heavy atom. The molecule has 1 rings (SSSR count). The maximum Gasteiger partial charge on any atom is 1.00 e. The van der Waals surface area contributed by atoms with Crippen molar-refractivity contribution in [2.75, 3.05) is 13.2 Å². The van der Waals surface area contributed by atoms with Crippen LogP contribution in [-0.2, 0) is 23.9 Å². The van der Waals surface area contributed by atoms with Crippen LogP contribution in [0.4, 0.5) is 0 Å². The molecule has 0 aliphatic carbocycles. The summed E-state index contributed by atoms with van der Waals surface area (Å²) in [6, 6.07) is 0. The predicted molar refractivity (Wildman–Crippen MR) is 33.4 cm³/mol. The van der Waals surface area contributed by atoms with Gasteiger partial charge in [0.15, 0.2) is 5.60 Å². The average molecular weight is 286 g/mol. The summed E-state index contributed by atoms with van der Waals surface area (Å²) in [4.78, 5) is 31.4. The first-order chi connectivity index (χ1) is 6.90. The molecular formula is C7H5Na3O8. The third-order valence-electron chi connectivity index (χ3n) is 1.84. The molecule has 0 aromatic carbocycles. The first-order valence-electron chi connectivity index (χ1n) is 3.79. The number of rotatable bonds is 3. The quantitative estimate of drug-likeness (QED) is 0.368. The molecule has 84 valence electrons. The van der Waals surface area contributed by atoms with Crippen LogP contribution in [0.25, 0.3) is 0 Å². The molecule has 0 N–H and O–H groups in total. The Hall–Kier alpha value is 1.33. The largest absolute Gasteiger partial charge is 1.00 e. The second-order valence-corrected chi connectivity index (χ2v) is 2.84. The fourth-order valence-electron chi connectivity index (χ4n) is 1.03. The van der Waals surface area contributed by atoms with Gasteiger partial charge in [-0.05, 0) is 0 Å². The molecular weight excluding hydrogens is 281 g/mol. The first kappa shape index (κ1) is 24.4. The van der Waals surface area contributed by atoms with Crippen molar-refractivity contribution in [3.05, 3.63) is 0 Å². The molecule has 1 saturated heterocycles. The minimum Gasteiger partial charge on any atom is -0.547 e. The van der Waals surface area contributed by atoms with Gasteiger partial charge in [-0.2, -0.15) is 0 Å². The van der Waals surface area contributed by atoms with Crippen molar-refractivity contribution in [1.29, 1.82) is 0 Å². The second-order valence-electron chi connectivity index (χ2n) is 2.84. The van der Waals surface area contributed by atoms with Gasteiger partial charge >= 0.3 is 88.7 Å². The van der Waals surface area contributed by atoms with Crippen LogP contribution in [0.5, 0.6) is 0 Å². The number of carbonyl (C=O) groups is 3. The van der Waals surface area contributed by atoms with Crippen molar-refractivity contribution in [1.82, 2.24) is 0 Å². The van der Waals surface area contributed by atoms with Crippen LogP contribution in [-0.4, -0.2) is 42.8 Å². The normalized spacial score (nSPS) is 20.3. The number of ether oxygens (including phenoxy) is 2. The summed E-state index contributed by atoms with van der Waals surface area (Å²) in [7, 11) is 0. The molecule has 1 unspecified atom stereocenters. The topological polar surface area (TPSA) is 139 Å². The van der Waals surface area contributed by atoms with Crippen LogP contribution >= 0.6 is 0 Å². The van der Waals surface area contributed by atoms with Gasteiger partial charge in [-0.3, -0.25) is 0 Å². The third kappa shape index (κ3) is 5.37. The van der Waals surface area contributed by atoms with Crippen LogP contribution in [0, 0.1) is 0 Å². The smallest absolute Gasteiger partial charge is 0.547 e. The SMILES string of the molecule is O=C([O-])C1COCC(C(=O)[O-])(C(=O)[O-])O1.[Na+].[Na+].[Na+]. The van der Waals surface area contributed by atoms with Crippen molar-refractivity contribution in [2.24, 2.45) is 0 Å². The molecule has 11 heteroatoms. The van der Waals surface area contributed by atoms with Crippen LogP contribution in [0.1, 0.15) is 0 Å². The number of aliphatic carboxylic acids is 3. The summed E-state index contributed by atoms with van der Waals surface area (Å²) in [5.74, 6) is -6.04. The fourth-order valence-corrected chi connectivity index (χ4v) is 1.03. The van der Waals surface area contributed by atoms with Gasteiger partial charge in [0.1, 0.15) is 6.10 Å². The van der Waals surface area contributed by atoms with Gasteiger partial charge in [0.25, 0.3) is 0 Å². The molecule has 1 heterocycles. The van der Waals surface area contributed by atoms with E-state index in [0.29, 0.717) is 0 Å². The van der Waals surface area contributed by atoms with Gasteiger partial charge in [-0.25, -0.2) is 0 Å². The summed E-state index contributed by atoms with van der Waals surface area (Å²) in [5.41, 5.74) is -2.90. The van der Waals surface area contributed by atoms with E-state index < -0.39 is 42.8 Å². The van der Waals surface area contributed by atoms with Crippen molar-refractivity contribution in [3.8, 4) is 0 Å². The van der Waals surface area contributed by atoms with E-state index in [2.05, 4.69) is 9.47 Å². The Labute approximate surface area is 168 Å². The first-order valence-corrected chi connectivity index (χ1v) is 3.79. The minimum absolute atomic E-state index is 0. The van der Waals surface area contributed by atoms with E-state index in [9.17, 15) is 29.7 Å². The molecule has 18 heavy (non-hydrogen) atoms. The number of hydrogen-bond acceptors (Lipinski definition) is 8. The van der Waals surface area contributed by atoms with E-state index in [1.165, 1.54) is 0 Å². The van der Waals surface area contributed by atoms with Crippen LogP contribution < -0.4 is 104 Å². The maximum atomic E-state index is 10.5. The number of carboxylic acids is 3. The van der Waals surface area contributed by atoms with Gasteiger partial charge in [0.05, 0.1) is 31.1 Å². The standard InChI is InChI=1S/C7H8O8.3Na/c8-4(9)3-1-14-2-7(15-3,5(10)11)6(12)13;;;/h3H,1-2H2,(H,8,9)(H,10,11)(H,12,13);;;/q;3*+1/p-3. The van der Waals surface area contributed by atoms with E-state index in [0.717, 1.165) is 0 Å². The minimum atomic E-state index is -2.90. The molecule has 0 aromatic heterocycles. The van der Waals surface area contributed by atoms with Gasteiger partial charge in [-0.15, -0.1) is 0 Å². The van der Waals surface area contributed by atoms with Crippen LogP contribution in [0.15, 0.2) is 0 Å². The van der Waals surface area contributed by atoms with Crippen molar-refractivity contribution >= 4 is 17.9 Å². The number of hydrogen-bond donors (Lipinski definition) is 0. The molecule has 0 spiro atoms. The maximum absolute atomic E-state index is 10.5. The van der Waals surface area contributed by atoms with Gasteiger partial charge in [-0.1, -0.05) is 0 Å². The molecule has 0 saturated carbocycles. The zero-order valence-corrected chi connectivity index (χ0v) is 16.3. The molecule has 0 bridgehead atoms. The Bertz CT molecular complexity index is 306. The Balaban J connectivity index is -0.000000750. The van der Waals surface area contributed by atoms with E-state index in [4.69, 9.17) is 0 Å². The number of carboxylic acid groups (broad SMARTS) is 3. The third-order valence-corrected chi connectivity index (χ3v) is 1.84. The number of carbonyl (C=O) groups excluding carboxylic acids is 3. The fraction of sp³-hybridized carbons (Fsp3) is 0.571. The van der Waals surface area contributed by atoms with E-state index in [1.54, 1.807) is 0 Å². The monoisotopic (exact) mass is 286 g/mol. The summed E-state index contributed by atoms with van der Waals surface area (Å²) >= 11 is 0. The molecule has 1 atom stereocenters.